The number of nitrogen functional groups attached to an aromatic ring is 1. The smallest absolute Gasteiger partial charge is 0.224 e. The Morgan fingerprint density at radius 1 is 0.830 bits per heavy atom. The highest BCUT2D eigenvalue weighted by molar-refractivity contribution is 5.93. The molecular formula is C37H48N4O6. The normalized spacial score (nSPS) is 21.4. The monoisotopic (exact) mass is 644 g/mol. The Balaban J connectivity index is 1.08. The number of anilines is 3. The molecule has 0 aliphatic carbocycles. The highest BCUT2D eigenvalue weighted by atomic mass is 16.7. The highest BCUT2D eigenvalue weighted by Gasteiger charge is 2.35. The van der Waals surface area contributed by atoms with Crippen molar-refractivity contribution in [3.05, 3.63) is 89.5 Å². The number of rotatable bonds is 15. The molecule has 2 saturated heterocycles. The molecule has 0 aromatic heterocycles. The number of carbonyl (C=O) groups excluding carboxylic acids is 2. The fourth-order valence-electron chi connectivity index (χ4n) is 6.33. The van der Waals surface area contributed by atoms with E-state index in [1.54, 1.807) is 12.1 Å². The largest absolute Gasteiger partial charge is 0.397 e. The van der Waals surface area contributed by atoms with E-state index in [2.05, 4.69) is 15.5 Å². The number of hydrogen-bond acceptors (Lipinski definition) is 8. The molecule has 5 rings (SSSR count). The maximum atomic E-state index is 12.6. The van der Waals surface area contributed by atoms with Gasteiger partial charge in [-0.25, -0.2) is 0 Å². The lowest BCUT2D eigenvalue weighted by Gasteiger charge is -2.38. The molecule has 2 heterocycles. The zero-order valence-electron chi connectivity index (χ0n) is 27.0. The molecule has 10 heteroatoms. The summed E-state index contributed by atoms with van der Waals surface area (Å²) in [5.41, 5.74) is 10.5. The summed E-state index contributed by atoms with van der Waals surface area (Å²) in [6.45, 7) is 1.81. The molecule has 3 aromatic rings. The minimum Gasteiger partial charge on any atom is -0.397 e. The van der Waals surface area contributed by atoms with E-state index < -0.39 is 6.29 Å². The molecule has 0 saturated carbocycles. The predicted octanol–water partition coefficient (Wildman–Crippen LogP) is 5.68. The lowest BCUT2D eigenvalue weighted by atomic mass is 9.99. The Kier molecular flexibility index (Phi) is 12.8. The number of aliphatic hydroxyl groups excluding tert-OH is 2. The van der Waals surface area contributed by atoms with Crippen LogP contribution in [-0.4, -0.2) is 58.8 Å². The van der Waals surface area contributed by atoms with E-state index in [1.807, 2.05) is 60.7 Å². The number of para-hydroxylation sites is 2. The van der Waals surface area contributed by atoms with Gasteiger partial charge in [-0.1, -0.05) is 61.4 Å². The van der Waals surface area contributed by atoms with Gasteiger partial charge in [-0.3, -0.25) is 14.5 Å². The van der Waals surface area contributed by atoms with Gasteiger partial charge in [0.2, 0.25) is 11.8 Å². The average Bonchev–Trinajstić information content (AvgIpc) is 3.54. The SMILES string of the molecule is Nc1ccccc1NC(=O)CCCCCCC(=O)Nc1ccc([C@@H]2O[C@H](CN3CCC[C@H]3CO)C[C@H](c3ccc(CO)cc3)O2)cc1. The molecule has 0 bridgehead atoms. The van der Waals surface area contributed by atoms with E-state index in [-0.39, 0.29) is 43.3 Å². The predicted molar refractivity (Wildman–Crippen MR) is 182 cm³/mol. The van der Waals surface area contributed by atoms with E-state index >= 15 is 0 Å². The van der Waals surface area contributed by atoms with Crippen LogP contribution >= 0.6 is 0 Å². The van der Waals surface area contributed by atoms with Crippen molar-refractivity contribution in [2.75, 3.05) is 36.1 Å². The van der Waals surface area contributed by atoms with Crippen molar-refractivity contribution in [2.45, 2.75) is 88.9 Å². The number of ether oxygens (including phenoxy) is 2. The minimum atomic E-state index is -0.580. The summed E-state index contributed by atoms with van der Waals surface area (Å²) in [5.74, 6) is -0.103. The van der Waals surface area contributed by atoms with Crippen molar-refractivity contribution in [3.8, 4) is 0 Å². The standard InChI is InChI=1S/C37H48N4O6/c38-32-9-5-6-10-33(32)40-36(45)12-4-2-1-3-11-35(44)39-29-19-17-28(18-20-29)37-46-31(23-41-21-7-8-30(41)25-43)22-34(47-37)27-15-13-26(24-42)14-16-27/h5-6,9-10,13-20,30-31,34,37,42-43H,1-4,7-8,11-12,21-25,38H2,(H,39,44)(H,40,45)/t30-,31-,34+,37+/m0/s1. The molecular weight excluding hydrogens is 596 g/mol. The fraction of sp³-hybridized carbons (Fsp3) is 0.459. The van der Waals surface area contributed by atoms with Crippen molar-refractivity contribution in [3.63, 3.8) is 0 Å². The zero-order valence-corrected chi connectivity index (χ0v) is 27.0. The first kappa shape index (κ1) is 34.5. The molecule has 0 spiro atoms. The van der Waals surface area contributed by atoms with Gasteiger partial charge < -0.3 is 36.1 Å². The van der Waals surface area contributed by atoms with Gasteiger partial charge in [0, 0.05) is 43.1 Å². The molecule has 2 aliphatic heterocycles. The molecule has 2 amide bonds. The van der Waals surface area contributed by atoms with Gasteiger partial charge in [0.15, 0.2) is 6.29 Å². The summed E-state index contributed by atoms with van der Waals surface area (Å²) in [6, 6.07) is 22.8. The number of likely N-dealkylation sites (tertiary alicyclic amines) is 1. The Hall–Kier alpha value is -3.80. The van der Waals surface area contributed by atoms with E-state index in [0.29, 0.717) is 36.3 Å². The van der Waals surface area contributed by atoms with Gasteiger partial charge in [0.25, 0.3) is 0 Å². The van der Waals surface area contributed by atoms with Crippen LogP contribution in [0.3, 0.4) is 0 Å². The number of carbonyl (C=O) groups is 2. The molecule has 0 unspecified atom stereocenters. The van der Waals surface area contributed by atoms with Gasteiger partial charge in [-0.2, -0.15) is 0 Å². The number of hydrogen-bond donors (Lipinski definition) is 5. The van der Waals surface area contributed by atoms with Gasteiger partial charge in [-0.15, -0.1) is 0 Å². The average molecular weight is 645 g/mol. The number of nitrogens with zero attached hydrogens (tertiary/aromatic N) is 1. The summed E-state index contributed by atoms with van der Waals surface area (Å²) < 4.78 is 12.9. The van der Waals surface area contributed by atoms with Crippen molar-refractivity contribution in [1.82, 2.24) is 4.90 Å². The van der Waals surface area contributed by atoms with Crippen LogP contribution in [0.25, 0.3) is 0 Å². The van der Waals surface area contributed by atoms with Crippen LogP contribution in [0.1, 0.15) is 86.9 Å². The van der Waals surface area contributed by atoms with Crippen LogP contribution < -0.4 is 16.4 Å². The lowest BCUT2D eigenvalue weighted by Crippen LogP contribution is -2.42. The van der Waals surface area contributed by atoms with Crippen molar-refractivity contribution in [1.29, 1.82) is 0 Å². The molecule has 47 heavy (non-hydrogen) atoms. The Labute approximate surface area is 277 Å². The number of unbranched alkanes of at least 4 members (excludes halogenated alkanes) is 3. The van der Waals surface area contributed by atoms with Crippen LogP contribution in [0.4, 0.5) is 17.1 Å². The van der Waals surface area contributed by atoms with Crippen molar-refractivity contribution >= 4 is 28.9 Å². The molecule has 2 aliphatic rings. The Morgan fingerprint density at radius 3 is 2.19 bits per heavy atom. The number of benzene rings is 3. The fourth-order valence-corrected chi connectivity index (χ4v) is 6.33. The minimum absolute atomic E-state index is 0.00718. The van der Waals surface area contributed by atoms with E-state index in [0.717, 1.165) is 68.3 Å². The maximum Gasteiger partial charge on any atom is 0.224 e. The number of nitrogens with one attached hydrogen (secondary N) is 2. The number of amides is 2. The molecule has 252 valence electrons. The third-order valence-corrected chi connectivity index (χ3v) is 9.02. The molecule has 3 aromatic carbocycles. The van der Waals surface area contributed by atoms with Gasteiger partial charge in [0.1, 0.15) is 0 Å². The molecule has 2 fully saturated rings. The second kappa shape index (κ2) is 17.4. The summed E-state index contributed by atoms with van der Waals surface area (Å²) in [6.07, 6.45) is 5.97. The molecule has 4 atom stereocenters. The van der Waals surface area contributed by atoms with Crippen LogP contribution in [-0.2, 0) is 25.7 Å². The second-order valence-electron chi connectivity index (χ2n) is 12.5. The van der Waals surface area contributed by atoms with Crippen LogP contribution in [0.15, 0.2) is 72.8 Å². The molecule has 10 nitrogen and oxygen atoms in total. The summed E-state index contributed by atoms with van der Waals surface area (Å²) in [4.78, 5) is 27.1. The van der Waals surface area contributed by atoms with Crippen LogP contribution in [0, 0.1) is 0 Å². The maximum absolute atomic E-state index is 12.6. The summed E-state index contributed by atoms with van der Waals surface area (Å²) >= 11 is 0. The third-order valence-electron chi connectivity index (χ3n) is 9.02. The van der Waals surface area contributed by atoms with Gasteiger partial charge in [-0.05, 0) is 67.6 Å². The lowest BCUT2D eigenvalue weighted by molar-refractivity contribution is -0.253. The highest BCUT2D eigenvalue weighted by Crippen LogP contribution is 2.39. The number of nitrogens with two attached hydrogens (primary N) is 1. The van der Waals surface area contributed by atoms with Crippen molar-refractivity contribution in [2.24, 2.45) is 0 Å². The first-order valence-corrected chi connectivity index (χ1v) is 16.8. The quantitative estimate of drug-likeness (QED) is 0.105. The van der Waals surface area contributed by atoms with Crippen molar-refractivity contribution < 1.29 is 29.3 Å². The van der Waals surface area contributed by atoms with E-state index in [4.69, 9.17) is 15.2 Å². The summed E-state index contributed by atoms with van der Waals surface area (Å²) in [7, 11) is 0. The number of aliphatic hydroxyl groups is 2. The first-order valence-electron chi connectivity index (χ1n) is 16.8. The Bertz CT molecular complexity index is 1430. The van der Waals surface area contributed by atoms with Crippen LogP contribution in [0.2, 0.25) is 0 Å². The zero-order chi connectivity index (χ0) is 33.0. The third kappa shape index (κ3) is 10.1. The topological polar surface area (TPSA) is 146 Å². The van der Waals surface area contributed by atoms with E-state index in [1.165, 1.54) is 0 Å². The molecule has 6 N–H and O–H groups in total. The van der Waals surface area contributed by atoms with Gasteiger partial charge >= 0.3 is 0 Å². The van der Waals surface area contributed by atoms with Crippen LogP contribution in [0.5, 0.6) is 0 Å². The second-order valence-corrected chi connectivity index (χ2v) is 12.5. The Morgan fingerprint density at radius 2 is 1.51 bits per heavy atom. The molecule has 0 radical (unpaired) electrons. The van der Waals surface area contributed by atoms with Gasteiger partial charge in [0.05, 0.1) is 36.8 Å². The summed E-state index contributed by atoms with van der Waals surface area (Å²) in [5, 5.41) is 25.1. The van der Waals surface area contributed by atoms with E-state index in [9.17, 15) is 19.8 Å². The first-order chi connectivity index (χ1) is 22.9.